The lowest BCUT2D eigenvalue weighted by Crippen LogP contribution is -2.41. The highest BCUT2D eigenvalue weighted by atomic mass is 35.5. The van der Waals surface area contributed by atoms with Gasteiger partial charge in [0.15, 0.2) is 5.75 Å². The molecule has 0 N–H and O–H groups in total. The second-order valence-corrected chi connectivity index (χ2v) is 5.58. The molecule has 0 aliphatic carbocycles. The second kappa shape index (κ2) is 7.26. The van der Waals surface area contributed by atoms with Gasteiger partial charge < -0.3 is 9.64 Å². The van der Waals surface area contributed by atoms with E-state index in [1.54, 1.807) is 33.0 Å². The normalized spacial score (nSPS) is 11.0. The molecule has 0 aromatic heterocycles. The number of halogens is 1. The molecule has 0 heterocycles. The van der Waals surface area contributed by atoms with Crippen LogP contribution in [0.3, 0.4) is 0 Å². The fraction of sp³-hybridized carbons (Fsp3) is 0.500. The highest BCUT2D eigenvalue weighted by Crippen LogP contribution is 2.25. The molecule has 0 fully saturated rings. The monoisotopic (exact) mass is 314 g/mol. The molecule has 0 atom stereocenters. The minimum Gasteiger partial charge on any atom is -0.485 e. The molecule has 0 bridgehead atoms. The van der Waals surface area contributed by atoms with Crippen molar-refractivity contribution in [3.63, 3.8) is 0 Å². The molecule has 0 unspecified atom stereocenters. The molecule has 6 nitrogen and oxygen atoms in total. The first-order valence-electron chi connectivity index (χ1n) is 6.47. The number of nitro groups is 1. The van der Waals surface area contributed by atoms with E-state index in [0.29, 0.717) is 6.54 Å². The fourth-order valence-electron chi connectivity index (χ4n) is 1.70. The van der Waals surface area contributed by atoms with Crippen molar-refractivity contribution in [2.24, 2.45) is 5.41 Å². The van der Waals surface area contributed by atoms with Gasteiger partial charge in [0.25, 0.3) is 0 Å². The first kappa shape index (κ1) is 17.2. The molecule has 116 valence electrons. The molecule has 1 rings (SSSR count). The molecule has 1 aromatic rings. The van der Waals surface area contributed by atoms with Gasteiger partial charge in [-0.25, -0.2) is 0 Å². The largest absolute Gasteiger partial charge is 0.485 e. The van der Waals surface area contributed by atoms with E-state index in [4.69, 9.17) is 16.3 Å². The third-order valence-corrected chi connectivity index (χ3v) is 3.67. The predicted molar refractivity (Wildman–Crippen MR) is 80.7 cm³/mol. The van der Waals surface area contributed by atoms with E-state index in [1.807, 2.05) is 0 Å². The average Bonchev–Trinajstić information content (AvgIpc) is 2.46. The SMILES string of the molecule is CN(CCOc1ccccc1[N+](=O)[O-])C(=O)C(C)(C)CCl. The molecular formula is C14H19ClN2O4. The van der Waals surface area contributed by atoms with Crippen LogP contribution in [-0.4, -0.2) is 41.8 Å². The maximum atomic E-state index is 12.1. The van der Waals surface area contributed by atoms with Gasteiger partial charge in [0, 0.05) is 19.0 Å². The molecule has 0 radical (unpaired) electrons. The van der Waals surface area contributed by atoms with Gasteiger partial charge in [-0.15, -0.1) is 11.6 Å². The third kappa shape index (κ3) is 4.60. The third-order valence-electron chi connectivity index (χ3n) is 3.01. The molecular weight excluding hydrogens is 296 g/mol. The molecule has 0 spiro atoms. The van der Waals surface area contributed by atoms with Crippen LogP contribution in [-0.2, 0) is 4.79 Å². The second-order valence-electron chi connectivity index (χ2n) is 5.32. The van der Waals surface area contributed by atoms with Crippen molar-refractivity contribution in [1.82, 2.24) is 4.90 Å². The average molecular weight is 315 g/mol. The van der Waals surface area contributed by atoms with Gasteiger partial charge in [-0.3, -0.25) is 14.9 Å². The summed E-state index contributed by atoms with van der Waals surface area (Å²) in [6.45, 7) is 4.03. The molecule has 21 heavy (non-hydrogen) atoms. The Hall–Kier alpha value is -1.82. The number of carbonyl (C=O) groups is 1. The first-order valence-corrected chi connectivity index (χ1v) is 7.01. The number of hydrogen-bond acceptors (Lipinski definition) is 4. The zero-order chi connectivity index (χ0) is 16.0. The van der Waals surface area contributed by atoms with Crippen molar-refractivity contribution in [2.45, 2.75) is 13.8 Å². The van der Waals surface area contributed by atoms with Crippen LogP contribution in [0.25, 0.3) is 0 Å². The fourth-order valence-corrected chi connectivity index (χ4v) is 1.81. The van der Waals surface area contributed by atoms with E-state index in [0.717, 1.165) is 0 Å². The van der Waals surface area contributed by atoms with Gasteiger partial charge in [0.1, 0.15) is 6.61 Å². The van der Waals surface area contributed by atoms with Crippen LogP contribution in [0.4, 0.5) is 5.69 Å². The van der Waals surface area contributed by atoms with Crippen LogP contribution in [0.15, 0.2) is 24.3 Å². The van der Waals surface area contributed by atoms with Crippen molar-refractivity contribution < 1.29 is 14.5 Å². The number of rotatable bonds is 7. The van der Waals surface area contributed by atoms with Gasteiger partial charge in [-0.2, -0.15) is 0 Å². The van der Waals surface area contributed by atoms with Crippen LogP contribution >= 0.6 is 11.6 Å². The summed E-state index contributed by atoms with van der Waals surface area (Å²) in [7, 11) is 1.65. The van der Waals surface area contributed by atoms with Gasteiger partial charge in [-0.1, -0.05) is 12.1 Å². The van der Waals surface area contributed by atoms with Crippen LogP contribution in [0.1, 0.15) is 13.8 Å². The van der Waals surface area contributed by atoms with Crippen molar-refractivity contribution in [2.75, 3.05) is 26.1 Å². The van der Waals surface area contributed by atoms with Crippen molar-refractivity contribution in [3.05, 3.63) is 34.4 Å². The molecule has 0 aliphatic heterocycles. The van der Waals surface area contributed by atoms with Crippen molar-refractivity contribution in [1.29, 1.82) is 0 Å². The lowest BCUT2D eigenvalue weighted by Gasteiger charge is -2.27. The summed E-state index contributed by atoms with van der Waals surface area (Å²) >= 11 is 5.76. The number of ether oxygens (including phenoxy) is 1. The van der Waals surface area contributed by atoms with Crippen LogP contribution < -0.4 is 4.74 Å². The van der Waals surface area contributed by atoms with Crippen LogP contribution in [0.5, 0.6) is 5.75 Å². The number of para-hydroxylation sites is 2. The standard InChI is InChI=1S/C14H19ClN2O4/c1-14(2,10-15)13(18)16(3)8-9-21-12-7-5-4-6-11(12)17(19)20/h4-7H,8-10H2,1-3H3. The summed E-state index contributed by atoms with van der Waals surface area (Å²) in [5.41, 5.74) is -0.734. The predicted octanol–water partition coefficient (Wildman–Crippen LogP) is 2.70. The Balaban J connectivity index is 2.58. The van der Waals surface area contributed by atoms with E-state index < -0.39 is 10.3 Å². The highest BCUT2D eigenvalue weighted by Gasteiger charge is 2.29. The Morgan fingerprint density at radius 3 is 2.62 bits per heavy atom. The minimum absolute atomic E-state index is 0.0902. The molecule has 0 saturated carbocycles. The molecule has 0 saturated heterocycles. The number of likely N-dealkylation sites (N-methyl/N-ethyl adjacent to an activating group) is 1. The number of hydrogen-bond donors (Lipinski definition) is 0. The Morgan fingerprint density at radius 2 is 2.05 bits per heavy atom. The Kier molecular flexibility index (Phi) is 5.96. The summed E-state index contributed by atoms with van der Waals surface area (Å²) < 4.78 is 5.40. The number of nitro benzene ring substituents is 1. The smallest absolute Gasteiger partial charge is 0.310 e. The topological polar surface area (TPSA) is 72.7 Å². The summed E-state index contributed by atoms with van der Waals surface area (Å²) in [5, 5.41) is 10.8. The van der Waals surface area contributed by atoms with Crippen LogP contribution in [0.2, 0.25) is 0 Å². The summed E-state index contributed by atoms with van der Waals surface area (Å²) in [4.78, 5) is 23.9. The quantitative estimate of drug-likeness (QED) is 0.440. The zero-order valence-electron chi connectivity index (χ0n) is 12.3. The first-order chi connectivity index (χ1) is 9.79. The number of amides is 1. The van der Waals surface area contributed by atoms with Gasteiger partial charge >= 0.3 is 5.69 Å². The van der Waals surface area contributed by atoms with E-state index in [-0.39, 0.29) is 29.8 Å². The molecule has 0 aliphatic rings. The van der Waals surface area contributed by atoms with Crippen LogP contribution in [0, 0.1) is 15.5 Å². The molecule has 1 aromatic carbocycles. The number of nitrogens with zero attached hydrogens (tertiary/aromatic N) is 2. The van der Waals surface area contributed by atoms with Gasteiger partial charge in [-0.05, 0) is 19.9 Å². The minimum atomic E-state index is -0.644. The highest BCUT2D eigenvalue weighted by molar-refractivity contribution is 6.19. The summed E-state index contributed by atoms with van der Waals surface area (Å²) in [6.07, 6.45) is 0. The Labute approximate surface area is 128 Å². The zero-order valence-corrected chi connectivity index (χ0v) is 13.1. The molecule has 1 amide bonds. The lowest BCUT2D eigenvalue weighted by molar-refractivity contribution is -0.385. The maximum absolute atomic E-state index is 12.1. The van der Waals surface area contributed by atoms with E-state index >= 15 is 0 Å². The van der Waals surface area contributed by atoms with Gasteiger partial charge in [0.05, 0.1) is 16.9 Å². The summed E-state index contributed by atoms with van der Waals surface area (Å²) in [6, 6.07) is 6.14. The van der Waals surface area contributed by atoms with E-state index in [1.165, 1.54) is 17.0 Å². The van der Waals surface area contributed by atoms with E-state index in [9.17, 15) is 14.9 Å². The Morgan fingerprint density at radius 1 is 1.43 bits per heavy atom. The Bertz CT molecular complexity index is 519. The maximum Gasteiger partial charge on any atom is 0.310 e. The van der Waals surface area contributed by atoms with E-state index in [2.05, 4.69) is 0 Å². The lowest BCUT2D eigenvalue weighted by atomic mass is 9.94. The number of alkyl halides is 1. The molecule has 7 heteroatoms. The number of carbonyl (C=O) groups excluding carboxylic acids is 1. The number of benzene rings is 1. The van der Waals surface area contributed by atoms with Crippen molar-refractivity contribution in [3.8, 4) is 5.75 Å². The van der Waals surface area contributed by atoms with Crippen molar-refractivity contribution >= 4 is 23.2 Å². The van der Waals surface area contributed by atoms with Gasteiger partial charge in [0.2, 0.25) is 5.91 Å². The summed E-state index contributed by atoms with van der Waals surface area (Å²) in [5.74, 6) is 0.324.